The lowest BCUT2D eigenvalue weighted by Gasteiger charge is -2.15. The molecule has 1 aliphatic carbocycles. The molecule has 1 amide bonds. The first kappa shape index (κ1) is 18.6. The second-order valence-corrected chi connectivity index (χ2v) is 7.09. The number of nitrogens with one attached hydrogen (secondary N) is 1. The smallest absolute Gasteiger partial charge is 0.276 e. The monoisotopic (exact) mass is 378 g/mol. The summed E-state index contributed by atoms with van der Waals surface area (Å²) >= 11 is 0. The zero-order valence-corrected chi connectivity index (χ0v) is 16.3. The number of hydrogen-bond donors (Lipinski definition) is 1. The summed E-state index contributed by atoms with van der Waals surface area (Å²) in [5, 5.41) is 2.97. The lowest BCUT2D eigenvalue weighted by molar-refractivity contribution is 0.102. The Morgan fingerprint density at radius 1 is 1.14 bits per heavy atom. The number of nitrogens with zero attached hydrogens (tertiary/aromatic N) is 3. The Morgan fingerprint density at radius 2 is 2.00 bits per heavy atom. The molecule has 0 saturated carbocycles. The maximum Gasteiger partial charge on any atom is 0.276 e. The number of hydrogen-bond acceptors (Lipinski definition) is 4. The number of amides is 1. The molecule has 0 aliphatic heterocycles. The molecular formula is C22H26N4O2. The van der Waals surface area contributed by atoms with Gasteiger partial charge in [-0.1, -0.05) is 18.2 Å². The van der Waals surface area contributed by atoms with Crippen molar-refractivity contribution in [3.63, 3.8) is 0 Å². The van der Waals surface area contributed by atoms with Crippen LogP contribution in [0.4, 0.5) is 5.95 Å². The van der Waals surface area contributed by atoms with Gasteiger partial charge in [-0.15, -0.1) is 0 Å². The number of carbonyl (C=O) groups is 1. The largest absolute Gasteiger partial charge is 0.382 e. The number of anilines is 1. The molecule has 0 spiro atoms. The van der Waals surface area contributed by atoms with E-state index < -0.39 is 0 Å². The highest BCUT2D eigenvalue weighted by atomic mass is 16.5. The molecule has 0 radical (unpaired) electrons. The normalized spacial score (nSPS) is 13.5. The van der Waals surface area contributed by atoms with E-state index >= 15 is 0 Å². The van der Waals surface area contributed by atoms with E-state index in [1.165, 1.54) is 12.0 Å². The van der Waals surface area contributed by atoms with Gasteiger partial charge in [0.15, 0.2) is 0 Å². The first-order valence-electron chi connectivity index (χ1n) is 10.1. The minimum Gasteiger partial charge on any atom is -0.382 e. The first-order chi connectivity index (χ1) is 13.8. The molecule has 2 aromatic heterocycles. The van der Waals surface area contributed by atoms with Crippen molar-refractivity contribution in [1.29, 1.82) is 0 Å². The van der Waals surface area contributed by atoms with Crippen LogP contribution in [0.2, 0.25) is 0 Å². The molecule has 6 nitrogen and oxygen atoms in total. The van der Waals surface area contributed by atoms with Gasteiger partial charge in [-0.3, -0.25) is 10.1 Å². The van der Waals surface area contributed by atoms with Gasteiger partial charge in [-0.25, -0.2) is 9.97 Å². The van der Waals surface area contributed by atoms with Crippen LogP contribution in [-0.2, 0) is 24.1 Å². The van der Waals surface area contributed by atoms with Crippen LogP contribution < -0.4 is 5.32 Å². The number of rotatable bonds is 7. The molecule has 0 saturated heterocycles. The molecule has 4 rings (SSSR count). The summed E-state index contributed by atoms with van der Waals surface area (Å²) < 4.78 is 7.50. The Kier molecular flexibility index (Phi) is 5.67. The second kappa shape index (κ2) is 8.52. The van der Waals surface area contributed by atoms with Crippen molar-refractivity contribution in [2.24, 2.45) is 0 Å². The predicted molar refractivity (Wildman–Crippen MR) is 110 cm³/mol. The first-order valence-corrected chi connectivity index (χ1v) is 10.1. The summed E-state index contributed by atoms with van der Waals surface area (Å²) in [5.74, 6) is 0.344. The van der Waals surface area contributed by atoms with E-state index in [-0.39, 0.29) is 5.91 Å². The number of carbonyl (C=O) groups excluding carboxylic acids is 1. The molecule has 6 heteroatoms. The number of imidazole rings is 1. The molecule has 1 aliphatic rings. The summed E-state index contributed by atoms with van der Waals surface area (Å²) in [5.41, 5.74) is 4.66. The number of fused-ring (bicyclic) bond motifs is 2. The number of benzene rings is 1. The van der Waals surface area contributed by atoms with E-state index in [9.17, 15) is 4.79 Å². The molecule has 1 N–H and O–H groups in total. The van der Waals surface area contributed by atoms with Gasteiger partial charge >= 0.3 is 0 Å². The molecule has 28 heavy (non-hydrogen) atoms. The van der Waals surface area contributed by atoms with Crippen LogP contribution in [0, 0.1) is 0 Å². The van der Waals surface area contributed by atoms with Crippen molar-refractivity contribution in [2.75, 3.05) is 18.5 Å². The van der Waals surface area contributed by atoms with Crippen LogP contribution in [0.5, 0.6) is 0 Å². The number of pyridine rings is 1. The van der Waals surface area contributed by atoms with Crippen molar-refractivity contribution >= 4 is 22.9 Å². The van der Waals surface area contributed by atoms with E-state index in [1.807, 2.05) is 47.9 Å². The van der Waals surface area contributed by atoms with Gasteiger partial charge in [0.2, 0.25) is 5.95 Å². The number of ether oxygens (including phenoxy) is 1. The summed E-state index contributed by atoms with van der Waals surface area (Å²) in [6.45, 7) is 4.11. The third-order valence-corrected chi connectivity index (χ3v) is 5.17. The maximum absolute atomic E-state index is 12.9. The third kappa shape index (κ3) is 3.92. The average molecular weight is 378 g/mol. The van der Waals surface area contributed by atoms with Gasteiger partial charge in [0.05, 0.1) is 11.0 Å². The maximum atomic E-state index is 12.9. The van der Waals surface area contributed by atoms with Gasteiger partial charge in [-0.2, -0.15) is 0 Å². The Hall–Kier alpha value is -2.73. The van der Waals surface area contributed by atoms with E-state index in [0.29, 0.717) is 24.9 Å². The van der Waals surface area contributed by atoms with Gasteiger partial charge in [-0.05, 0) is 62.8 Å². The molecule has 0 atom stereocenters. The van der Waals surface area contributed by atoms with E-state index in [4.69, 9.17) is 4.74 Å². The van der Waals surface area contributed by atoms with Crippen LogP contribution in [0.3, 0.4) is 0 Å². The SMILES string of the molecule is CCOCCCn1c(NC(=O)c2ccc3c(n2)CCCC3)nc2ccccc21. The highest BCUT2D eigenvalue weighted by Crippen LogP contribution is 2.22. The Morgan fingerprint density at radius 3 is 2.89 bits per heavy atom. The number of aromatic nitrogens is 3. The van der Waals surface area contributed by atoms with Crippen molar-refractivity contribution in [3.8, 4) is 0 Å². The van der Waals surface area contributed by atoms with E-state index in [0.717, 1.165) is 49.0 Å². The zero-order valence-electron chi connectivity index (χ0n) is 16.3. The van der Waals surface area contributed by atoms with Crippen molar-refractivity contribution < 1.29 is 9.53 Å². The van der Waals surface area contributed by atoms with Crippen molar-refractivity contribution in [1.82, 2.24) is 14.5 Å². The highest BCUT2D eigenvalue weighted by molar-refractivity contribution is 6.02. The number of para-hydroxylation sites is 2. The minimum atomic E-state index is -0.213. The predicted octanol–water partition coefficient (Wildman–Crippen LogP) is 3.99. The third-order valence-electron chi connectivity index (χ3n) is 5.17. The summed E-state index contributed by atoms with van der Waals surface area (Å²) in [6, 6.07) is 11.8. The van der Waals surface area contributed by atoms with E-state index in [1.54, 1.807) is 0 Å². The van der Waals surface area contributed by atoms with Crippen LogP contribution in [0.15, 0.2) is 36.4 Å². The molecule has 2 heterocycles. The number of aryl methyl sites for hydroxylation is 3. The summed E-state index contributed by atoms with van der Waals surface area (Å²) in [6.07, 6.45) is 5.20. The quantitative estimate of drug-likeness (QED) is 0.631. The molecule has 0 bridgehead atoms. The topological polar surface area (TPSA) is 69.0 Å². The minimum absolute atomic E-state index is 0.213. The van der Waals surface area contributed by atoms with Gasteiger partial charge < -0.3 is 9.30 Å². The van der Waals surface area contributed by atoms with Crippen LogP contribution >= 0.6 is 0 Å². The van der Waals surface area contributed by atoms with Gasteiger partial charge in [0, 0.05) is 25.5 Å². The summed E-state index contributed by atoms with van der Waals surface area (Å²) in [7, 11) is 0. The summed E-state index contributed by atoms with van der Waals surface area (Å²) in [4.78, 5) is 22.1. The fraction of sp³-hybridized carbons (Fsp3) is 0.409. The molecule has 1 aromatic carbocycles. The fourth-order valence-corrected chi connectivity index (χ4v) is 3.74. The Bertz CT molecular complexity index is 980. The standard InChI is InChI=1S/C22H26N4O2/c1-2-28-15-7-14-26-20-11-6-5-10-18(20)24-22(26)25-21(27)19-13-12-16-8-3-4-9-17(16)23-19/h5-6,10-13H,2-4,7-9,14-15H2,1H3,(H,24,25,27). The van der Waals surface area contributed by atoms with Crippen molar-refractivity contribution in [3.05, 3.63) is 53.3 Å². The van der Waals surface area contributed by atoms with Crippen LogP contribution in [0.25, 0.3) is 11.0 Å². The van der Waals surface area contributed by atoms with Crippen LogP contribution in [0.1, 0.15) is 47.9 Å². The van der Waals surface area contributed by atoms with Crippen molar-refractivity contribution in [2.45, 2.75) is 45.6 Å². The molecule has 146 valence electrons. The average Bonchev–Trinajstić information content (AvgIpc) is 3.08. The highest BCUT2D eigenvalue weighted by Gasteiger charge is 2.17. The van der Waals surface area contributed by atoms with E-state index in [2.05, 4.69) is 15.3 Å². The molecule has 0 unspecified atom stereocenters. The lowest BCUT2D eigenvalue weighted by Crippen LogP contribution is -2.19. The Balaban J connectivity index is 1.57. The van der Waals surface area contributed by atoms with Gasteiger partial charge in [0.25, 0.3) is 5.91 Å². The second-order valence-electron chi connectivity index (χ2n) is 7.09. The Labute approximate surface area is 164 Å². The lowest BCUT2D eigenvalue weighted by atomic mass is 9.96. The van der Waals surface area contributed by atoms with Gasteiger partial charge in [0.1, 0.15) is 5.69 Å². The molecule has 3 aromatic rings. The molecular weight excluding hydrogens is 352 g/mol. The fourth-order valence-electron chi connectivity index (χ4n) is 3.74. The zero-order chi connectivity index (χ0) is 19.3. The van der Waals surface area contributed by atoms with Crippen LogP contribution in [-0.4, -0.2) is 33.7 Å². The molecule has 0 fully saturated rings.